The van der Waals surface area contributed by atoms with Gasteiger partial charge in [-0.1, -0.05) is 0 Å². The number of carbonyl (C=O) groups is 2. The van der Waals surface area contributed by atoms with Gasteiger partial charge in [0, 0.05) is 36.8 Å². The summed E-state index contributed by atoms with van der Waals surface area (Å²) in [7, 11) is 3.23. The van der Waals surface area contributed by atoms with Crippen LogP contribution in [-0.2, 0) is 0 Å². The largest absolute Gasteiger partial charge is 0.497 e. The number of hydrogen-bond acceptors (Lipinski definition) is 4. The number of likely N-dealkylation sites (tertiary alicyclic amines) is 1. The number of hydrogen-bond donors (Lipinski definition) is 0. The number of piperidine rings is 1. The maximum absolute atomic E-state index is 13.0. The summed E-state index contributed by atoms with van der Waals surface area (Å²) < 4.78 is 10.3. The minimum absolute atomic E-state index is 0.0204. The number of anilines is 1. The number of carbonyl (C=O) groups excluding carboxylic acids is 2. The zero-order valence-electron chi connectivity index (χ0n) is 17.3. The second-order valence-electron chi connectivity index (χ2n) is 7.08. The Morgan fingerprint density at radius 1 is 0.931 bits per heavy atom. The third-order valence-corrected chi connectivity index (χ3v) is 5.44. The van der Waals surface area contributed by atoms with Crippen molar-refractivity contribution in [1.29, 1.82) is 0 Å². The van der Waals surface area contributed by atoms with Crippen LogP contribution in [0.3, 0.4) is 0 Å². The number of benzene rings is 2. The molecule has 0 saturated carbocycles. The molecule has 154 valence electrons. The van der Waals surface area contributed by atoms with Crippen LogP contribution < -0.4 is 14.4 Å². The molecule has 0 aliphatic carbocycles. The Morgan fingerprint density at radius 3 is 1.93 bits per heavy atom. The second kappa shape index (κ2) is 9.45. The lowest BCUT2D eigenvalue weighted by molar-refractivity contribution is 0.0857. The lowest BCUT2D eigenvalue weighted by Gasteiger charge is -2.35. The molecule has 0 atom stereocenters. The number of Topliss-reactive ketones (excluding diaryl/α,β-unsaturated/α-hetero) is 1. The highest BCUT2D eigenvalue weighted by Crippen LogP contribution is 2.26. The van der Waals surface area contributed by atoms with Gasteiger partial charge in [0.15, 0.2) is 5.78 Å². The van der Waals surface area contributed by atoms with Crippen molar-refractivity contribution in [3.8, 4) is 11.5 Å². The fraction of sp³-hybridized carbons (Fsp3) is 0.391. The molecule has 2 aromatic rings. The molecule has 0 bridgehead atoms. The molecule has 0 spiro atoms. The van der Waals surface area contributed by atoms with E-state index in [9.17, 15) is 9.59 Å². The molecule has 2 amide bonds. The second-order valence-corrected chi connectivity index (χ2v) is 7.08. The van der Waals surface area contributed by atoms with E-state index in [-0.39, 0.29) is 17.7 Å². The summed E-state index contributed by atoms with van der Waals surface area (Å²) >= 11 is 0. The molecule has 1 aliphatic rings. The van der Waals surface area contributed by atoms with Gasteiger partial charge in [-0.15, -0.1) is 0 Å². The number of nitrogens with zero attached hydrogens (tertiary/aromatic N) is 2. The average Bonchev–Trinajstić information content (AvgIpc) is 2.79. The third kappa shape index (κ3) is 4.70. The molecule has 6 nitrogen and oxygen atoms in total. The van der Waals surface area contributed by atoms with E-state index in [2.05, 4.69) is 0 Å². The summed E-state index contributed by atoms with van der Waals surface area (Å²) in [5.74, 6) is 1.58. The van der Waals surface area contributed by atoms with Gasteiger partial charge < -0.3 is 14.4 Å². The molecule has 29 heavy (non-hydrogen) atoms. The van der Waals surface area contributed by atoms with E-state index >= 15 is 0 Å². The first-order valence-electron chi connectivity index (χ1n) is 9.96. The van der Waals surface area contributed by atoms with Crippen LogP contribution in [0.25, 0.3) is 0 Å². The van der Waals surface area contributed by atoms with Crippen LogP contribution in [0.1, 0.15) is 30.1 Å². The lowest BCUT2D eigenvalue weighted by Crippen LogP contribution is -2.47. The number of rotatable bonds is 6. The van der Waals surface area contributed by atoms with Crippen molar-refractivity contribution >= 4 is 17.5 Å². The SMILES string of the molecule is CCN(C(=O)N1CCC(C(=O)c2ccc(OC)cc2)CC1)c1ccc(OC)cc1. The first-order chi connectivity index (χ1) is 14.1. The number of ether oxygens (including phenoxy) is 2. The van der Waals surface area contributed by atoms with Crippen LogP contribution in [0, 0.1) is 5.92 Å². The predicted molar refractivity (Wildman–Crippen MR) is 113 cm³/mol. The van der Waals surface area contributed by atoms with Crippen LogP contribution in [0.5, 0.6) is 11.5 Å². The summed E-state index contributed by atoms with van der Waals surface area (Å²) in [6.45, 7) is 3.70. The van der Waals surface area contributed by atoms with Crippen molar-refractivity contribution in [3.05, 3.63) is 54.1 Å². The van der Waals surface area contributed by atoms with Crippen LogP contribution in [0.4, 0.5) is 10.5 Å². The van der Waals surface area contributed by atoms with Crippen molar-refractivity contribution < 1.29 is 19.1 Å². The Bertz CT molecular complexity index is 825. The Balaban J connectivity index is 1.60. The number of methoxy groups -OCH3 is 2. The van der Waals surface area contributed by atoms with Crippen molar-refractivity contribution in [2.24, 2.45) is 5.92 Å². The van der Waals surface area contributed by atoms with E-state index < -0.39 is 0 Å². The summed E-state index contributed by atoms with van der Waals surface area (Å²) in [4.78, 5) is 29.4. The Morgan fingerprint density at radius 2 is 1.45 bits per heavy atom. The van der Waals surface area contributed by atoms with E-state index in [0.717, 1.165) is 17.2 Å². The van der Waals surface area contributed by atoms with E-state index in [0.29, 0.717) is 38.0 Å². The van der Waals surface area contributed by atoms with Crippen LogP contribution in [0.15, 0.2) is 48.5 Å². The van der Waals surface area contributed by atoms with Crippen molar-refractivity contribution in [2.45, 2.75) is 19.8 Å². The van der Waals surface area contributed by atoms with Crippen LogP contribution in [-0.4, -0.2) is 50.6 Å². The highest BCUT2D eigenvalue weighted by molar-refractivity contribution is 5.98. The first-order valence-corrected chi connectivity index (χ1v) is 9.96. The van der Waals surface area contributed by atoms with Gasteiger partial charge in [-0.05, 0) is 68.3 Å². The molecule has 0 unspecified atom stereocenters. The summed E-state index contributed by atoms with van der Waals surface area (Å²) in [5, 5.41) is 0. The molecule has 1 aliphatic heterocycles. The molecule has 6 heteroatoms. The van der Waals surface area contributed by atoms with Crippen molar-refractivity contribution in [2.75, 3.05) is 38.8 Å². The molecule has 1 fully saturated rings. The normalized spacial score (nSPS) is 14.4. The molecule has 0 aromatic heterocycles. The average molecular weight is 396 g/mol. The molecular formula is C23H28N2O4. The standard InChI is InChI=1S/C23H28N2O4/c1-4-25(19-7-11-21(29-3)12-8-19)23(27)24-15-13-18(14-16-24)22(26)17-5-9-20(28-2)10-6-17/h5-12,18H,4,13-16H2,1-3H3. The highest BCUT2D eigenvalue weighted by Gasteiger charge is 2.30. The van der Waals surface area contributed by atoms with Gasteiger partial charge in [0.2, 0.25) is 0 Å². The van der Waals surface area contributed by atoms with Gasteiger partial charge in [-0.3, -0.25) is 9.69 Å². The molecule has 0 radical (unpaired) electrons. The number of urea groups is 1. The summed E-state index contributed by atoms with van der Waals surface area (Å²) in [6, 6.07) is 14.7. The quantitative estimate of drug-likeness (QED) is 0.685. The molecule has 1 saturated heterocycles. The third-order valence-electron chi connectivity index (χ3n) is 5.44. The molecule has 2 aromatic carbocycles. The molecule has 3 rings (SSSR count). The first kappa shape index (κ1) is 20.7. The van der Waals surface area contributed by atoms with E-state index in [1.807, 2.05) is 36.1 Å². The van der Waals surface area contributed by atoms with Gasteiger partial charge in [-0.2, -0.15) is 0 Å². The topological polar surface area (TPSA) is 59.1 Å². The fourth-order valence-corrected chi connectivity index (χ4v) is 3.69. The zero-order chi connectivity index (χ0) is 20.8. The molecular weight excluding hydrogens is 368 g/mol. The van der Waals surface area contributed by atoms with Crippen LogP contribution in [0.2, 0.25) is 0 Å². The van der Waals surface area contributed by atoms with E-state index in [1.165, 1.54) is 0 Å². The number of amides is 2. The van der Waals surface area contributed by atoms with Crippen molar-refractivity contribution in [3.63, 3.8) is 0 Å². The molecule has 1 heterocycles. The Labute approximate surface area is 172 Å². The number of ketones is 1. The maximum atomic E-state index is 13.0. The van der Waals surface area contributed by atoms with Gasteiger partial charge in [-0.25, -0.2) is 4.79 Å². The fourth-order valence-electron chi connectivity index (χ4n) is 3.69. The summed E-state index contributed by atoms with van der Waals surface area (Å²) in [5.41, 5.74) is 1.54. The Hall–Kier alpha value is -3.02. The van der Waals surface area contributed by atoms with E-state index in [4.69, 9.17) is 9.47 Å². The predicted octanol–water partition coefficient (Wildman–Crippen LogP) is 4.25. The van der Waals surface area contributed by atoms with Gasteiger partial charge in [0.1, 0.15) is 11.5 Å². The summed E-state index contributed by atoms with van der Waals surface area (Å²) in [6.07, 6.45) is 1.35. The van der Waals surface area contributed by atoms with Crippen LogP contribution >= 0.6 is 0 Å². The maximum Gasteiger partial charge on any atom is 0.324 e. The minimum Gasteiger partial charge on any atom is -0.497 e. The lowest BCUT2D eigenvalue weighted by atomic mass is 9.89. The van der Waals surface area contributed by atoms with Gasteiger partial charge >= 0.3 is 6.03 Å². The van der Waals surface area contributed by atoms with Gasteiger partial charge in [0.05, 0.1) is 14.2 Å². The zero-order valence-corrected chi connectivity index (χ0v) is 17.3. The van der Waals surface area contributed by atoms with E-state index in [1.54, 1.807) is 43.4 Å². The van der Waals surface area contributed by atoms with Gasteiger partial charge in [0.25, 0.3) is 0 Å². The monoisotopic (exact) mass is 396 g/mol. The highest BCUT2D eigenvalue weighted by atomic mass is 16.5. The molecule has 0 N–H and O–H groups in total. The smallest absolute Gasteiger partial charge is 0.324 e. The van der Waals surface area contributed by atoms with Crippen molar-refractivity contribution in [1.82, 2.24) is 4.90 Å². The minimum atomic E-state index is -0.0523. The Kier molecular flexibility index (Phi) is 6.75.